The Balaban J connectivity index is 1.22. The largest absolute Gasteiger partial charge is 0.465 e. The first kappa shape index (κ1) is 38.1. The number of carbonyl (C=O) groups excluding carboxylic acids is 1. The minimum absolute atomic E-state index is 0.0251. The third kappa shape index (κ3) is 7.10. The van der Waals surface area contributed by atoms with Crippen LogP contribution in [0.2, 0.25) is 5.15 Å². The summed E-state index contributed by atoms with van der Waals surface area (Å²) in [4.78, 5) is 30.4. The van der Waals surface area contributed by atoms with Crippen LogP contribution in [-0.4, -0.2) is 102 Å². The van der Waals surface area contributed by atoms with Crippen LogP contribution >= 0.6 is 19.6 Å². The van der Waals surface area contributed by atoms with E-state index in [1.807, 2.05) is 4.90 Å². The molecule has 4 unspecified atom stereocenters. The van der Waals surface area contributed by atoms with E-state index in [4.69, 9.17) is 35.3 Å². The number of aromatic nitrogens is 3. The van der Waals surface area contributed by atoms with E-state index in [2.05, 4.69) is 25.5 Å². The Morgan fingerprint density at radius 3 is 2.51 bits per heavy atom. The first-order valence-corrected chi connectivity index (χ1v) is 20.3. The number of methoxy groups -OCH3 is 1. The highest BCUT2D eigenvalue weighted by molar-refractivity contribution is 7.40. The van der Waals surface area contributed by atoms with E-state index in [0.29, 0.717) is 25.5 Å². The normalized spacial score (nSPS) is 22.0. The molecule has 9 rings (SSSR count). The summed E-state index contributed by atoms with van der Waals surface area (Å²) in [6, 6.07) is 4.29. The molecule has 18 heteroatoms. The minimum atomic E-state index is -3.20. The maximum Gasteiger partial charge on any atom is 0.322 e. The number of hydrogen-bond donors (Lipinski definition) is 2. The van der Waals surface area contributed by atoms with Gasteiger partial charge in [-0.3, -0.25) is 19.6 Å². The zero-order valence-electron chi connectivity index (χ0n) is 30.6. The average Bonchev–Trinajstić information content (AvgIpc) is 3.76. The molecule has 2 aromatic heterocycles. The number of esters is 1. The van der Waals surface area contributed by atoms with Crippen molar-refractivity contribution in [2.24, 2.45) is 0 Å². The molecule has 0 saturated carbocycles. The molecule has 2 aromatic carbocycles. The summed E-state index contributed by atoms with van der Waals surface area (Å²) in [5, 5.41) is 6.06. The fourth-order valence-electron chi connectivity index (χ4n) is 8.49. The van der Waals surface area contributed by atoms with Gasteiger partial charge in [0.25, 0.3) is 8.03 Å². The van der Waals surface area contributed by atoms with Crippen LogP contribution in [0.15, 0.2) is 24.3 Å². The standard InChI is InChI=1S/C37H42ClF3N7O6P/c1-4-52-34(49)19(2)42-36(51-3)55(50)54-23-13-20-7-8-25(39)28(40)26(20)24(15-23)30-29(41)31-27(32(38)44-30)33(47-16-21-14-22(17-47)43-21)46-35(45-31)53-18-37-9-5-11-48(37)12-6-10-37/h7-8,13,15,19,21-22,36,42-43,55H,4-6,9-12,14,16-18H2,1-3H3/t19-,21?,22?,36?/m0/s1. The Bertz CT molecular complexity index is 2160. The molecule has 4 aromatic rings. The molecule has 5 atom stereocenters. The summed E-state index contributed by atoms with van der Waals surface area (Å²) in [6.45, 7) is 6.84. The van der Waals surface area contributed by atoms with Crippen LogP contribution in [0.25, 0.3) is 32.9 Å². The van der Waals surface area contributed by atoms with Crippen LogP contribution in [0.1, 0.15) is 46.0 Å². The van der Waals surface area contributed by atoms with Crippen molar-refractivity contribution in [3.63, 3.8) is 0 Å². The highest BCUT2D eigenvalue weighted by Gasteiger charge is 2.45. The predicted octanol–water partition coefficient (Wildman–Crippen LogP) is 5.80. The average molecular weight is 804 g/mol. The molecule has 5 aliphatic rings. The topological polar surface area (TPSA) is 140 Å². The smallest absolute Gasteiger partial charge is 0.322 e. The highest BCUT2D eigenvalue weighted by atomic mass is 35.5. The van der Waals surface area contributed by atoms with E-state index in [9.17, 15) is 13.8 Å². The highest BCUT2D eigenvalue weighted by Crippen LogP contribution is 2.44. The summed E-state index contributed by atoms with van der Waals surface area (Å²) in [5.41, 5.74) is -0.994. The summed E-state index contributed by atoms with van der Waals surface area (Å²) < 4.78 is 83.7. The molecule has 13 nitrogen and oxygen atoms in total. The number of carbonyl (C=O) groups is 1. The van der Waals surface area contributed by atoms with Gasteiger partial charge in [0.1, 0.15) is 40.6 Å². The molecular weight excluding hydrogens is 762 g/mol. The number of halogens is 4. The molecule has 0 spiro atoms. The molecule has 2 N–H and O–H groups in total. The molecule has 5 saturated heterocycles. The zero-order chi connectivity index (χ0) is 38.6. The van der Waals surface area contributed by atoms with Gasteiger partial charge in [-0.05, 0) is 82.6 Å². The number of hydrogen-bond acceptors (Lipinski definition) is 13. The third-order valence-corrected chi connectivity index (χ3v) is 12.7. The number of pyridine rings is 1. The maximum absolute atomic E-state index is 17.2. The van der Waals surface area contributed by atoms with E-state index in [1.54, 1.807) is 6.92 Å². The van der Waals surface area contributed by atoms with Crippen molar-refractivity contribution in [2.45, 2.75) is 75.6 Å². The van der Waals surface area contributed by atoms with Gasteiger partial charge in [0.15, 0.2) is 23.4 Å². The third-order valence-electron chi connectivity index (χ3n) is 11.1. The molecule has 5 fully saturated rings. The number of fused-ring (bicyclic) bond motifs is 5. The van der Waals surface area contributed by atoms with E-state index in [0.717, 1.165) is 51.3 Å². The minimum Gasteiger partial charge on any atom is -0.465 e. The molecule has 0 radical (unpaired) electrons. The van der Waals surface area contributed by atoms with E-state index >= 15 is 8.78 Å². The molecule has 55 heavy (non-hydrogen) atoms. The molecule has 294 valence electrons. The van der Waals surface area contributed by atoms with Crippen molar-refractivity contribution in [1.29, 1.82) is 0 Å². The Morgan fingerprint density at radius 1 is 1.09 bits per heavy atom. The van der Waals surface area contributed by atoms with Crippen molar-refractivity contribution in [2.75, 3.05) is 51.4 Å². The van der Waals surface area contributed by atoms with Crippen molar-refractivity contribution >= 4 is 53.1 Å². The number of nitrogens with one attached hydrogen (secondary N) is 2. The van der Waals surface area contributed by atoms with E-state index in [-0.39, 0.29) is 68.4 Å². The number of benzene rings is 2. The second kappa shape index (κ2) is 15.3. The number of rotatable bonds is 13. The SMILES string of the molecule is CCOC(=O)[C@H](C)NC(OC)[PH](=O)Oc1cc(-c2nc(Cl)c3c(N4CC5CC(C4)N5)nc(OCC45CCCN4CCC5)nc3c2F)c2c(F)c(F)ccc2c1. The zero-order valence-corrected chi connectivity index (χ0v) is 32.4. The quantitative estimate of drug-likeness (QED) is 0.0730. The van der Waals surface area contributed by atoms with Gasteiger partial charge in [0.05, 0.1) is 17.5 Å². The van der Waals surface area contributed by atoms with Crippen molar-refractivity contribution < 1.29 is 41.3 Å². The first-order chi connectivity index (χ1) is 26.5. The lowest BCUT2D eigenvalue weighted by molar-refractivity contribution is -0.145. The van der Waals surface area contributed by atoms with Crippen LogP contribution in [-0.2, 0) is 18.8 Å². The molecular formula is C37H42ClF3N7O6P. The molecule has 0 amide bonds. The predicted molar refractivity (Wildman–Crippen MR) is 201 cm³/mol. The van der Waals surface area contributed by atoms with Crippen LogP contribution in [0.4, 0.5) is 19.0 Å². The van der Waals surface area contributed by atoms with Crippen molar-refractivity contribution in [3.05, 3.63) is 46.9 Å². The van der Waals surface area contributed by atoms with Gasteiger partial charge < -0.3 is 29.0 Å². The van der Waals surface area contributed by atoms with Gasteiger partial charge in [-0.15, -0.1) is 0 Å². The van der Waals surface area contributed by atoms with Crippen LogP contribution < -0.4 is 24.8 Å². The number of piperazine rings is 1. The second-order valence-electron chi connectivity index (χ2n) is 14.6. The van der Waals surface area contributed by atoms with Gasteiger partial charge in [-0.1, -0.05) is 17.7 Å². The molecule has 2 bridgehead atoms. The van der Waals surface area contributed by atoms with Crippen molar-refractivity contribution in [3.8, 4) is 23.0 Å². The summed E-state index contributed by atoms with van der Waals surface area (Å²) in [6.07, 6.45) is 5.10. The van der Waals surface area contributed by atoms with Gasteiger partial charge in [-0.2, -0.15) is 9.97 Å². The summed E-state index contributed by atoms with van der Waals surface area (Å²) >= 11 is 6.91. The lowest BCUT2D eigenvalue weighted by atomic mass is 9.91. The number of nitrogens with zero attached hydrogens (tertiary/aromatic N) is 5. The van der Waals surface area contributed by atoms with Gasteiger partial charge in [0, 0.05) is 43.2 Å². The number of ether oxygens (including phenoxy) is 3. The fourth-order valence-corrected chi connectivity index (χ4v) is 9.78. The molecule has 0 aliphatic carbocycles. The Hall–Kier alpha value is -3.79. The monoisotopic (exact) mass is 803 g/mol. The number of anilines is 1. The van der Waals surface area contributed by atoms with Gasteiger partial charge in [-0.25, -0.2) is 18.2 Å². The van der Waals surface area contributed by atoms with Crippen LogP contribution in [0.5, 0.6) is 11.8 Å². The molecule has 5 aliphatic heterocycles. The second-order valence-corrected chi connectivity index (χ2v) is 16.4. The molecule has 7 heterocycles. The van der Waals surface area contributed by atoms with Gasteiger partial charge in [0.2, 0.25) is 0 Å². The van der Waals surface area contributed by atoms with Gasteiger partial charge >= 0.3 is 12.0 Å². The Morgan fingerprint density at radius 2 is 1.82 bits per heavy atom. The van der Waals surface area contributed by atoms with Crippen LogP contribution in [0.3, 0.4) is 0 Å². The van der Waals surface area contributed by atoms with E-state index in [1.165, 1.54) is 32.2 Å². The summed E-state index contributed by atoms with van der Waals surface area (Å²) in [7, 11) is -1.93. The Labute approximate surface area is 321 Å². The number of piperidine rings is 1. The lowest BCUT2D eigenvalue weighted by Gasteiger charge is -2.48. The van der Waals surface area contributed by atoms with Crippen LogP contribution in [0, 0.1) is 17.5 Å². The van der Waals surface area contributed by atoms with E-state index < -0.39 is 49.2 Å². The van der Waals surface area contributed by atoms with Crippen molar-refractivity contribution in [1.82, 2.24) is 30.5 Å². The maximum atomic E-state index is 17.2. The Kier molecular flexibility index (Phi) is 10.6. The summed E-state index contributed by atoms with van der Waals surface area (Å²) in [5.74, 6) is -4.95. The fraction of sp³-hybridized carbons (Fsp3) is 0.514. The lowest BCUT2D eigenvalue weighted by Crippen LogP contribution is -2.67. The first-order valence-electron chi connectivity index (χ1n) is 18.5.